The Labute approximate surface area is 101 Å². The maximum Gasteiger partial charge on any atom is 0.202 e. The predicted octanol–water partition coefficient (Wildman–Crippen LogP) is 1.54. The van der Waals surface area contributed by atoms with Crippen molar-refractivity contribution >= 4 is 17.2 Å². The van der Waals surface area contributed by atoms with Crippen LogP contribution in [-0.2, 0) is 0 Å². The predicted molar refractivity (Wildman–Crippen MR) is 61.6 cm³/mol. The van der Waals surface area contributed by atoms with Gasteiger partial charge in [-0.15, -0.1) is 5.10 Å². The van der Waals surface area contributed by atoms with Crippen LogP contribution in [0.5, 0.6) is 0 Å². The van der Waals surface area contributed by atoms with Gasteiger partial charge in [0.05, 0.1) is 5.69 Å². The molecule has 0 spiro atoms. The van der Waals surface area contributed by atoms with Crippen LogP contribution in [0.4, 0.5) is 0 Å². The van der Waals surface area contributed by atoms with Gasteiger partial charge >= 0.3 is 0 Å². The van der Waals surface area contributed by atoms with E-state index in [0.29, 0.717) is 22.2 Å². The van der Waals surface area contributed by atoms with Gasteiger partial charge in [-0.3, -0.25) is 4.98 Å². The molecule has 0 aliphatic rings. The number of pyridine rings is 1. The molecule has 6 nitrogen and oxygen atoms in total. The lowest BCUT2D eigenvalue weighted by Crippen LogP contribution is -2.01. The quantitative estimate of drug-likeness (QED) is 0.652. The summed E-state index contributed by atoms with van der Waals surface area (Å²) in [6.45, 7) is 1.82. The third kappa shape index (κ3) is 1.53. The van der Waals surface area contributed by atoms with E-state index in [-0.39, 0.29) is 0 Å². The summed E-state index contributed by atoms with van der Waals surface area (Å²) in [4.78, 5) is 8.37. The van der Waals surface area contributed by atoms with Crippen molar-refractivity contribution in [3.05, 3.63) is 35.2 Å². The van der Waals surface area contributed by atoms with Crippen molar-refractivity contribution in [3.8, 4) is 11.4 Å². The zero-order valence-electron chi connectivity index (χ0n) is 8.87. The van der Waals surface area contributed by atoms with E-state index in [0.717, 1.165) is 5.56 Å². The summed E-state index contributed by atoms with van der Waals surface area (Å²) in [5.41, 5.74) is 2.09. The number of hydrogen-bond acceptors (Lipinski definition) is 5. The molecule has 0 N–H and O–H groups in total. The summed E-state index contributed by atoms with van der Waals surface area (Å²) in [5, 5.41) is 11.8. The van der Waals surface area contributed by atoms with E-state index >= 15 is 0 Å². The van der Waals surface area contributed by atoms with Crippen molar-refractivity contribution in [2.45, 2.75) is 6.92 Å². The van der Waals surface area contributed by atoms with Gasteiger partial charge in [-0.2, -0.15) is 4.52 Å². The minimum atomic E-state index is 0.466. The van der Waals surface area contributed by atoms with Crippen molar-refractivity contribution in [2.24, 2.45) is 0 Å². The molecule has 3 aromatic rings. The smallest absolute Gasteiger partial charge is 0.202 e. The van der Waals surface area contributed by atoms with Gasteiger partial charge in [-0.25, -0.2) is 4.98 Å². The molecule has 0 unspecified atom stereocenters. The summed E-state index contributed by atoms with van der Waals surface area (Å²) in [6, 6.07) is 3.69. The highest BCUT2D eigenvalue weighted by atomic mass is 35.5. The van der Waals surface area contributed by atoms with Crippen LogP contribution in [0.25, 0.3) is 17.0 Å². The lowest BCUT2D eigenvalue weighted by molar-refractivity contribution is 0.814. The normalized spacial score (nSPS) is 10.9. The Morgan fingerprint density at radius 3 is 2.76 bits per heavy atom. The zero-order chi connectivity index (χ0) is 11.8. The van der Waals surface area contributed by atoms with E-state index in [4.69, 9.17) is 11.6 Å². The van der Waals surface area contributed by atoms with E-state index in [1.54, 1.807) is 12.4 Å². The molecule has 3 aromatic heterocycles. The fraction of sp³-hybridized carbons (Fsp3) is 0.100. The number of fused-ring (bicyclic) bond motifs is 1. The number of halogens is 1. The van der Waals surface area contributed by atoms with Crippen LogP contribution in [-0.4, -0.2) is 30.0 Å². The number of tetrazole rings is 1. The van der Waals surface area contributed by atoms with E-state index < -0.39 is 0 Å². The Hall–Kier alpha value is -2.08. The first-order valence-corrected chi connectivity index (χ1v) is 5.30. The molecule has 17 heavy (non-hydrogen) atoms. The molecule has 0 saturated heterocycles. The minimum Gasteiger partial charge on any atom is -0.265 e. The highest BCUT2D eigenvalue weighted by molar-refractivity contribution is 6.34. The van der Waals surface area contributed by atoms with Crippen molar-refractivity contribution in [2.75, 3.05) is 0 Å². The molecule has 0 fully saturated rings. The van der Waals surface area contributed by atoms with E-state index in [1.807, 2.05) is 19.1 Å². The van der Waals surface area contributed by atoms with Gasteiger partial charge in [0.15, 0.2) is 5.82 Å². The van der Waals surface area contributed by atoms with Gasteiger partial charge in [0.1, 0.15) is 5.02 Å². The molecular formula is C10H7ClN6. The van der Waals surface area contributed by atoms with Crippen LogP contribution < -0.4 is 0 Å². The summed E-state index contributed by atoms with van der Waals surface area (Å²) in [5.74, 6) is 0.648. The first-order valence-electron chi connectivity index (χ1n) is 4.92. The second kappa shape index (κ2) is 3.74. The zero-order valence-corrected chi connectivity index (χ0v) is 9.63. The lowest BCUT2D eigenvalue weighted by atomic mass is 10.2. The molecule has 3 rings (SSSR count). The van der Waals surface area contributed by atoms with Crippen LogP contribution in [0.2, 0.25) is 5.02 Å². The van der Waals surface area contributed by atoms with Gasteiger partial charge in [0, 0.05) is 18.0 Å². The maximum absolute atomic E-state index is 6.09. The second-order valence-electron chi connectivity index (χ2n) is 3.48. The molecule has 0 bridgehead atoms. The average molecular weight is 247 g/mol. The van der Waals surface area contributed by atoms with Gasteiger partial charge in [0.2, 0.25) is 5.65 Å². The number of aryl methyl sites for hydroxylation is 1. The third-order valence-corrected chi connectivity index (χ3v) is 2.84. The molecular weight excluding hydrogens is 240 g/mol. The lowest BCUT2D eigenvalue weighted by Gasteiger charge is -2.05. The molecule has 0 amide bonds. The monoisotopic (exact) mass is 246 g/mol. The number of aromatic nitrogens is 6. The third-order valence-electron chi connectivity index (χ3n) is 2.40. The van der Waals surface area contributed by atoms with Crippen LogP contribution in [0.1, 0.15) is 5.69 Å². The molecule has 0 aromatic carbocycles. The van der Waals surface area contributed by atoms with E-state index in [1.165, 1.54) is 4.52 Å². The fourth-order valence-corrected chi connectivity index (χ4v) is 1.73. The Morgan fingerprint density at radius 2 is 2.00 bits per heavy atom. The summed E-state index contributed by atoms with van der Waals surface area (Å²) in [6.07, 6.45) is 3.38. The average Bonchev–Trinajstić information content (AvgIpc) is 2.84. The Balaban J connectivity index is 2.38. The van der Waals surface area contributed by atoms with Crippen LogP contribution >= 0.6 is 11.6 Å². The number of nitrogens with zero attached hydrogens (tertiary/aromatic N) is 6. The first kappa shape index (κ1) is 10.1. The molecule has 3 heterocycles. The standard InChI is InChI=1S/C10H7ClN6/c1-6-8(11)10-14-15-16-17(10)9(13-6)7-2-4-12-5-3-7/h2-5H,1H3. The van der Waals surface area contributed by atoms with Crippen molar-refractivity contribution in [1.82, 2.24) is 30.0 Å². The van der Waals surface area contributed by atoms with Crippen molar-refractivity contribution < 1.29 is 0 Å². The molecule has 7 heteroatoms. The molecule has 0 saturated carbocycles. The number of hydrogen-bond donors (Lipinski definition) is 0. The molecule has 0 atom stereocenters. The van der Waals surface area contributed by atoms with Crippen LogP contribution in [0.15, 0.2) is 24.5 Å². The SMILES string of the molecule is Cc1nc(-c2ccncc2)n2nnnc2c1Cl. The Kier molecular flexibility index (Phi) is 2.22. The van der Waals surface area contributed by atoms with Crippen LogP contribution in [0.3, 0.4) is 0 Å². The van der Waals surface area contributed by atoms with Crippen LogP contribution in [0, 0.1) is 6.92 Å². The summed E-state index contributed by atoms with van der Waals surface area (Å²) >= 11 is 6.09. The van der Waals surface area contributed by atoms with Crippen molar-refractivity contribution in [3.63, 3.8) is 0 Å². The highest BCUT2D eigenvalue weighted by Crippen LogP contribution is 2.23. The van der Waals surface area contributed by atoms with E-state index in [2.05, 4.69) is 25.5 Å². The molecule has 0 radical (unpaired) electrons. The largest absolute Gasteiger partial charge is 0.265 e. The second-order valence-corrected chi connectivity index (χ2v) is 3.86. The molecule has 84 valence electrons. The van der Waals surface area contributed by atoms with E-state index in [9.17, 15) is 0 Å². The topological polar surface area (TPSA) is 68.9 Å². The number of rotatable bonds is 1. The van der Waals surface area contributed by atoms with Gasteiger partial charge in [0.25, 0.3) is 0 Å². The summed E-state index contributed by atoms with van der Waals surface area (Å²) < 4.78 is 1.52. The van der Waals surface area contributed by atoms with Gasteiger partial charge in [-0.05, 0) is 29.5 Å². The minimum absolute atomic E-state index is 0.466. The Bertz CT molecular complexity index is 678. The maximum atomic E-state index is 6.09. The van der Waals surface area contributed by atoms with Crippen molar-refractivity contribution in [1.29, 1.82) is 0 Å². The fourth-order valence-electron chi connectivity index (χ4n) is 1.57. The van der Waals surface area contributed by atoms with Gasteiger partial charge < -0.3 is 0 Å². The first-order chi connectivity index (χ1) is 8.27. The molecule has 0 aliphatic heterocycles. The Morgan fingerprint density at radius 1 is 1.24 bits per heavy atom. The molecule has 0 aliphatic carbocycles. The van der Waals surface area contributed by atoms with Gasteiger partial charge in [-0.1, -0.05) is 11.6 Å². The highest BCUT2D eigenvalue weighted by Gasteiger charge is 2.13. The summed E-state index contributed by atoms with van der Waals surface area (Å²) in [7, 11) is 0.